The Labute approximate surface area is 189 Å². The fraction of sp³-hybridized carbons (Fsp3) is 0.208. The standard InChI is InChI=1S/C24H23N3O4S/c1-14-5-8-17(9-6-14)26-22(28)15(2)27-13-25-23-21(24(27)29)18(12-32-23)16-7-10-19(30-3)20(11-16)31-4/h5-13,15H,1-4H3,(H,26,28)/t15-/m0/s1. The zero-order valence-corrected chi connectivity index (χ0v) is 19.0. The monoisotopic (exact) mass is 449 g/mol. The summed E-state index contributed by atoms with van der Waals surface area (Å²) < 4.78 is 12.1. The Balaban J connectivity index is 1.72. The molecule has 8 heteroatoms. The van der Waals surface area contributed by atoms with Crippen molar-refractivity contribution in [2.24, 2.45) is 0 Å². The van der Waals surface area contributed by atoms with Crippen LogP contribution in [0.4, 0.5) is 5.69 Å². The first-order chi connectivity index (χ1) is 15.4. The van der Waals surface area contributed by atoms with Gasteiger partial charge < -0.3 is 14.8 Å². The van der Waals surface area contributed by atoms with Gasteiger partial charge in [0.15, 0.2) is 11.5 Å². The number of carbonyl (C=O) groups excluding carboxylic acids is 1. The Morgan fingerprint density at radius 2 is 1.81 bits per heavy atom. The third kappa shape index (κ3) is 3.97. The molecule has 0 fully saturated rings. The van der Waals surface area contributed by atoms with Gasteiger partial charge >= 0.3 is 0 Å². The number of amides is 1. The number of thiophene rings is 1. The number of nitrogens with zero attached hydrogens (tertiary/aromatic N) is 2. The molecule has 0 bridgehead atoms. The second-order valence-corrected chi connectivity index (χ2v) is 8.25. The quantitative estimate of drug-likeness (QED) is 0.463. The van der Waals surface area contributed by atoms with Gasteiger partial charge in [0.2, 0.25) is 5.91 Å². The summed E-state index contributed by atoms with van der Waals surface area (Å²) >= 11 is 1.38. The van der Waals surface area contributed by atoms with Crippen molar-refractivity contribution in [1.82, 2.24) is 9.55 Å². The van der Waals surface area contributed by atoms with Crippen molar-refractivity contribution >= 4 is 33.1 Å². The summed E-state index contributed by atoms with van der Waals surface area (Å²) in [6, 6.07) is 12.2. The van der Waals surface area contributed by atoms with E-state index in [-0.39, 0.29) is 11.5 Å². The van der Waals surface area contributed by atoms with Crippen LogP contribution in [0, 0.1) is 6.92 Å². The van der Waals surface area contributed by atoms with Crippen molar-refractivity contribution in [3.05, 3.63) is 70.1 Å². The number of nitrogens with one attached hydrogen (secondary N) is 1. The number of benzene rings is 2. The molecule has 4 aromatic rings. The summed E-state index contributed by atoms with van der Waals surface area (Å²) in [6.45, 7) is 3.66. The van der Waals surface area contributed by atoms with E-state index < -0.39 is 6.04 Å². The summed E-state index contributed by atoms with van der Waals surface area (Å²) in [6.07, 6.45) is 1.43. The van der Waals surface area contributed by atoms with Gasteiger partial charge in [-0.15, -0.1) is 11.3 Å². The molecule has 0 radical (unpaired) electrons. The molecule has 2 aromatic heterocycles. The predicted octanol–water partition coefficient (Wildman–Crippen LogP) is 4.65. The minimum atomic E-state index is -0.737. The number of rotatable bonds is 6. The third-order valence-electron chi connectivity index (χ3n) is 5.33. The minimum absolute atomic E-state index is 0.271. The van der Waals surface area contributed by atoms with Crippen LogP contribution in [0.15, 0.2) is 59.0 Å². The number of anilines is 1. The number of aromatic nitrogens is 2. The molecule has 164 valence electrons. The average molecular weight is 450 g/mol. The third-order valence-corrected chi connectivity index (χ3v) is 6.22. The lowest BCUT2D eigenvalue weighted by atomic mass is 10.1. The lowest BCUT2D eigenvalue weighted by Crippen LogP contribution is -2.31. The van der Waals surface area contributed by atoms with Crippen LogP contribution in [-0.4, -0.2) is 29.7 Å². The zero-order chi connectivity index (χ0) is 22.8. The van der Waals surface area contributed by atoms with E-state index in [0.29, 0.717) is 27.4 Å². The maximum atomic E-state index is 13.4. The van der Waals surface area contributed by atoms with Crippen molar-refractivity contribution in [2.75, 3.05) is 19.5 Å². The molecule has 0 aliphatic rings. The first-order valence-corrected chi connectivity index (χ1v) is 10.9. The second-order valence-electron chi connectivity index (χ2n) is 7.39. The van der Waals surface area contributed by atoms with Gasteiger partial charge in [0.05, 0.1) is 25.9 Å². The topological polar surface area (TPSA) is 82.5 Å². The molecule has 0 spiro atoms. The molecule has 1 N–H and O–H groups in total. The molecule has 4 rings (SSSR count). The van der Waals surface area contributed by atoms with Crippen LogP contribution in [-0.2, 0) is 4.79 Å². The van der Waals surface area contributed by atoms with Gasteiger partial charge in [-0.2, -0.15) is 0 Å². The summed E-state index contributed by atoms with van der Waals surface area (Å²) in [5, 5.41) is 5.22. The number of aryl methyl sites for hydroxylation is 1. The highest BCUT2D eigenvalue weighted by molar-refractivity contribution is 7.17. The van der Waals surface area contributed by atoms with E-state index in [4.69, 9.17) is 9.47 Å². The van der Waals surface area contributed by atoms with Gasteiger partial charge in [-0.1, -0.05) is 23.8 Å². The fourth-order valence-corrected chi connectivity index (χ4v) is 4.35. The van der Waals surface area contributed by atoms with Crippen molar-refractivity contribution in [3.8, 4) is 22.6 Å². The van der Waals surface area contributed by atoms with E-state index in [1.807, 2.05) is 48.7 Å². The number of methoxy groups -OCH3 is 2. The average Bonchev–Trinajstić information content (AvgIpc) is 3.25. The first kappa shape index (κ1) is 21.6. The van der Waals surface area contributed by atoms with E-state index in [2.05, 4.69) is 10.3 Å². The number of hydrogen-bond acceptors (Lipinski definition) is 6. The molecule has 0 aliphatic heterocycles. The minimum Gasteiger partial charge on any atom is -0.493 e. The highest BCUT2D eigenvalue weighted by atomic mass is 32.1. The molecule has 0 saturated carbocycles. The molecule has 2 heterocycles. The van der Waals surface area contributed by atoms with E-state index in [9.17, 15) is 9.59 Å². The van der Waals surface area contributed by atoms with Gasteiger partial charge in [0, 0.05) is 16.6 Å². The molecule has 0 unspecified atom stereocenters. The van der Waals surface area contributed by atoms with Crippen molar-refractivity contribution in [1.29, 1.82) is 0 Å². The van der Waals surface area contributed by atoms with Gasteiger partial charge in [-0.3, -0.25) is 14.2 Å². The van der Waals surface area contributed by atoms with E-state index in [1.165, 1.54) is 22.2 Å². The van der Waals surface area contributed by atoms with Gasteiger partial charge in [-0.25, -0.2) is 4.98 Å². The molecule has 0 saturated heterocycles. The van der Waals surface area contributed by atoms with Gasteiger partial charge in [-0.05, 0) is 43.7 Å². The highest BCUT2D eigenvalue weighted by Crippen LogP contribution is 2.36. The van der Waals surface area contributed by atoms with Crippen LogP contribution >= 0.6 is 11.3 Å². The number of hydrogen-bond donors (Lipinski definition) is 1. The van der Waals surface area contributed by atoms with Crippen LogP contribution in [0.2, 0.25) is 0 Å². The predicted molar refractivity (Wildman–Crippen MR) is 127 cm³/mol. The van der Waals surface area contributed by atoms with E-state index in [0.717, 1.165) is 16.7 Å². The maximum absolute atomic E-state index is 13.4. The first-order valence-electron chi connectivity index (χ1n) is 10.0. The largest absolute Gasteiger partial charge is 0.493 e. The Bertz CT molecular complexity index is 1340. The fourth-order valence-electron chi connectivity index (χ4n) is 3.45. The molecule has 32 heavy (non-hydrogen) atoms. The zero-order valence-electron chi connectivity index (χ0n) is 18.2. The molecule has 2 aromatic carbocycles. The Morgan fingerprint density at radius 3 is 2.50 bits per heavy atom. The highest BCUT2D eigenvalue weighted by Gasteiger charge is 2.21. The summed E-state index contributed by atoms with van der Waals surface area (Å²) in [7, 11) is 3.14. The maximum Gasteiger partial charge on any atom is 0.263 e. The smallest absolute Gasteiger partial charge is 0.263 e. The molecular weight excluding hydrogens is 426 g/mol. The Morgan fingerprint density at radius 1 is 1.09 bits per heavy atom. The summed E-state index contributed by atoms with van der Waals surface area (Å²) in [4.78, 5) is 31.3. The number of carbonyl (C=O) groups is 1. The summed E-state index contributed by atoms with van der Waals surface area (Å²) in [5.41, 5.74) is 3.05. The molecule has 1 atom stereocenters. The number of fused-ring (bicyclic) bond motifs is 1. The molecule has 0 aliphatic carbocycles. The Kier molecular flexibility index (Phi) is 5.96. The van der Waals surface area contributed by atoms with Crippen molar-refractivity contribution < 1.29 is 14.3 Å². The van der Waals surface area contributed by atoms with Crippen molar-refractivity contribution in [2.45, 2.75) is 19.9 Å². The van der Waals surface area contributed by atoms with Crippen LogP contribution in [0.5, 0.6) is 11.5 Å². The SMILES string of the molecule is COc1ccc(-c2csc3ncn([C@@H](C)C(=O)Nc4ccc(C)cc4)c(=O)c23)cc1OC. The molecule has 7 nitrogen and oxygen atoms in total. The van der Waals surface area contributed by atoms with E-state index >= 15 is 0 Å². The lowest BCUT2D eigenvalue weighted by Gasteiger charge is -2.15. The van der Waals surface area contributed by atoms with Crippen LogP contribution < -0.4 is 20.3 Å². The summed E-state index contributed by atoms with van der Waals surface area (Å²) in [5.74, 6) is 0.882. The molecular formula is C24H23N3O4S. The molecule has 1 amide bonds. The van der Waals surface area contributed by atoms with Gasteiger partial charge in [0.25, 0.3) is 5.56 Å². The second kappa shape index (κ2) is 8.84. The Hall–Kier alpha value is -3.65. The normalized spacial score (nSPS) is 11.9. The van der Waals surface area contributed by atoms with Crippen molar-refractivity contribution in [3.63, 3.8) is 0 Å². The van der Waals surface area contributed by atoms with E-state index in [1.54, 1.807) is 27.2 Å². The lowest BCUT2D eigenvalue weighted by molar-refractivity contribution is -0.118. The van der Waals surface area contributed by atoms with Crippen LogP contribution in [0.3, 0.4) is 0 Å². The van der Waals surface area contributed by atoms with Crippen LogP contribution in [0.25, 0.3) is 21.3 Å². The van der Waals surface area contributed by atoms with Gasteiger partial charge in [0.1, 0.15) is 10.9 Å². The van der Waals surface area contributed by atoms with Crippen LogP contribution in [0.1, 0.15) is 18.5 Å². The number of ether oxygens (including phenoxy) is 2.